The molecule has 0 atom stereocenters. The molecule has 20 heavy (non-hydrogen) atoms. The van der Waals surface area contributed by atoms with Gasteiger partial charge in [-0.1, -0.05) is 0 Å². The Bertz CT molecular complexity index is 719. The normalized spacial score (nSPS) is 21.4. The molecular formula is C13H3F4N3. The lowest BCUT2D eigenvalue weighted by Gasteiger charge is -2.18. The molecule has 0 aromatic rings. The summed E-state index contributed by atoms with van der Waals surface area (Å²) in [6.07, 6.45) is -0.0228. The third kappa shape index (κ3) is 1.79. The first-order chi connectivity index (χ1) is 9.47. The molecule has 7 heteroatoms. The number of hydrogen-bond acceptors (Lipinski definition) is 3. The Morgan fingerprint density at radius 1 is 0.950 bits per heavy atom. The van der Waals surface area contributed by atoms with Crippen LogP contribution >= 0.6 is 0 Å². The van der Waals surface area contributed by atoms with Crippen LogP contribution in [0.25, 0.3) is 0 Å². The first kappa shape index (κ1) is 13.6. The van der Waals surface area contributed by atoms with E-state index in [-0.39, 0.29) is 17.6 Å². The average molecular weight is 277 g/mol. The van der Waals surface area contributed by atoms with Crippen molar-refractivity contribution in [1.29, 1.82) is 15.8 Å². The summed E-state index contributed by atoms with van der Waals surface area (Å²) >= 11 is 0. The summed E-state index contributed by atoms with van der Waals surface area (Å²) in [5, 5.41) is 25.7. The van der Waals surface area contributed by atoms with Crippen LogP contribution in [-0.2, 0) is 0 Å². The fourth-order valence-electron chi connectivity index (χ4n) is 1.90. The van der Waals surface area contributed by atoms with E-state index in [2.05, 4.69) is 0 Å². The number of nitriles is 3. The molecule has 0 heterocycles. The Morgan fingerprint density at radius 3 is 1.80 bits per heavy atom. The zero-order valence-electron chi connectivity index (χ0n) is 9.64. The summed E-state index contributed by atoms with van der Waals surface area (Å²) in [4.78, 5) is 0. The van der Waals surface area contributed by atoms with Gasteiger partial charge in [0.25, 0.3) is 0 Å². The maximum atomic E-state index is 13.8. The van der Waals surface area contributed by atoms with E-state index in [0.717, 1.165) is 0 Å². The van der Waals surface area contributed by atoms with Gasteiger partial charge in [0.15, 0.2) is 23.3 Å². The molecule has 2 rings (SSSR count). The van der Waals surface area contributed by atoms with Crippen LogP contribution < -0.4 is 0 Å². The Morgan fingerprint density at radius 2 is 1.45 bits per heavy atom. The summed E-state index contributed by atoms with van der Waals surface area (Å²) in [5.74, 6) is -8.76. The maximum Gasteiger partial charge on any atom is 0.168 e. The lowest BCUT2D eigenvalue weighted by atomic mass is 9.91. The second kappa shape index (κ2) is 4.68. The molecule has 2 aliphatic carbocycles. The molecular weight excluding hydrogens is 274 g/mol. The van der Waals surface area contributed by atoms with Gasteiger partial charge in [0.2, 0.25) is 0 Å². The highest BCUT2D eigenvalue weighted by atomic mass is 19.2. The number of hydrogen-bond donors (Lipinski definition) is 0. The van der Waals surface area contributed by atoms with E-state index in [1.807, 2.05) is 0 Å². The summed E-state index contributed by atoms with van der Waals surface area (Å²) < 4.78 is 55.1. The molecule has 0 fully saturated rings. The smallest absolute Gasteiger partial charge is 0.168 e. The van der Waals surface area contributed by atoms with Crippen molar-refractivity contribution in [3.63, 3.8) is 0 Å². The molecule has 0 bridgehead atoms. The predicted molar refractivity (Wildman–Crippen MR) is 57.5 cm³/mol. The van der Waals surface area contributed by atoms with Gasteiger partial charge in [0.1, 0.15) is 17.7 Å². The average Bonchev–Trinajstić information content (AvgIpc) is 3.21. The summed E-state index contributed by atoms with van der Waals surface area (Å²) in [6.45, 7) is 0. The summed E-state index contributed by atoms with van der Waals surface area (Å²) in [5.41, 5.74) is -2.36. The molecule has 0 saturated heterocycles. The first-order valence-electron chi connectivity index (χ1n) is 5.25. The van der Waals surface area contributed by atoms with Crippen LogP contribution in [0, 0.1) is 39.9 Å². The minimum Gasteiger partial charge on any atom is -0.207 e. The van der Waals surface area contributed by atoms with E-state index in [1.165, 1.54) is 12.1 Å². The highest BCUT2D eigenvalue weighted by Crippen LogP contribution is 2.51. The monoisotopic (exact) mass is 277 g/mol. The van der Waals surface area contributed by atoms with Gasteiger partial charge in [-0.05, 0) is 5.57 Å². The van der Waals surface area contributed by atoms with E-state index in [4.69, 9.17) is 15.8 Å². The molecule has 0 aliphatic heterocycles. The fourth-order valence-corrected chi connectivity index (χ4v) is 1.90. The van der Waals surface area contributed by atoms with Crippen LogP contribution in [-0.4, -0.2) is 0 Å². The summed E-state index contributed by atoms with van der Waals surface area (Å²) in [7, 11) is 0. The molecule has 0 N–H and O–H groups in total. The van der Waals surface area contributed by atoms with Crippen molar-refractivity contribution in [2.24, 2.45) is 5.92 Å². The van der Waals surface area contributed by atoms with E-state index in [9.17, 15) is 17.6 Å². The number of nitrogens with zero attached hydrogens (tertiary/aromatic N) is 3. The Labute approximate surface area is 110 Å². The lowest BCUT2D eigenvalue weighted by molar-refractivity contribution is 0.400. The lowest BCUT2D eigenvalue weighted by Crippen LogP contribution is -2.12. The fraction of sp³-hybridized carbons (Fsp3) is 0.154. The first-order valence-corrected chi connectivity index (χ1v) is 5.25. The third-order valence-corrected chi connectivity index (χ3v) is 2.95. The Hall–Kier alpha value is -2.85. The topological polar surface area (TPSA) is 71.4 Å². The minimum absolute atomic E-state index is 0.0228. The van der Waals surface area contributed by atoms with Crippen LogP contribution in [0.2, 0.25) is 0 Å². The predicted octanol–water partition coefficient (Wildman–Crippen LogP) is 3.49. The van der Waals surface area contributed by atoms with Crippen LogP contribution in [0.5, 0.6) is 0 Å². The highest BCUT2D eigenvalue weighted by Gasteiger charge is 2.44. The molecule has 0 aromatic heterocycles. The third-order valence-electron chi connectivity index (χ3n) is 2.95. The second-order valence-electron chi connectivity index (χ2n) is 4.02. The molecule has 0 spiro atoms. The molecule has 0 aromatic carbocycles. The van der Waals surface area contributed by atoms with Crippen molar-refractivity contribution in [2.45, 2.75) is 6.42 Å². The van der Waals surface area contributed by atoms with Gasteiger partial charge in [-0.3, -0.25) is 0 Å². The van der Waals surface area contributed by atoms with E-state index in [0.29, 0.717) is 0 Å². The van der Waals surface area contributed by atoms with Gasteiger partial charge in [-0.2, -0.15) is 15.8 Å². The molecule has 3 nitrogen and oxygen atoms in total. The van der Waals surface area contributed by atoms with Crippen LogP contribution in [0.1, 0.15) is 6.42 Å². The van der Waals surface area contributed by atoms with Crippen molar-refractivity contribution >= 4 is 0 Å². The van der Waals surface area contributed by atoms with Crippen molar-refractivity contribution < 1.29 is 17.6 Å². The van der Waals surface area contributed by atoms with Gasteiger partial charge in [0, 0.05) is 12.0 Å². The summed E-state index contributed by atoms with van der Waals surface area (Å²) in [6, 6.07) is 4.00. The van der Waals surface area contributed by atoms with Crippen LogP contribution in [0.4, 0.5) is 17.6 Å². The molecule has 0 unspecified atom stereocenters. The van der Waals surface area contributed by atoms with Crippen LogP contribution in [0.3, 0.4) is 0 Å². The van der Waals surface area contributed by atoms with Gasteiger partial charge < -0.3 is 0 Å². The highest BCUT2D eigenvalue weighted by molar-refractivity contribution is 5.62. The molecule has 0 radical (unpaired) electrons. The Kier molecular flexibility index (Phi) is 3.18. The SMILES string of the molecule is N#CC(C#N)=C1C(F)=C(F)C(C2=C(C#N)C2)C(F)=C1F. The molecule has 0 amide bonds. The molecule has 0 saturated carbocycles. The van der Waals surface area contributed by atoms with Crippen molar-refractivity contribution in [3.8, 4) is 18.2 Å². The van der Waals surface area contributed by atoms with Gasteiger partial charge in [0.05, 0.1) is 17.6 Å². The molecule has 2 aliphatic rings. The quantitative estimate of drug-likeness (QED) is 0.544. The van der Waals surface area contributed by atoms with E-state index >= 15 is 0 Å². The minimum atomic E-state index is -1.91. The van der Waals surface area contributed by atoms with Crippen molar-refractivity contribution in [1.82, 2.24) is 0 Å². The van der Waals surface area contributed by atoms with Crippen LogP contribution in [0.15, 0.2) is 45.6 Å². The largest absolute Gasteiger partial charge is 0.207 e. The van der Waals surface area contributed by atoms with E-state index in [1.54, 1.807) is 6.07 Å². The van der Waals surface area contributed by atoms with Crippen molar-refractivity contribution in [3.05, 3.63) is 45.6 Å². The molecule has 98 valence electrons. The maximum absolute atomic E-state index is 13.8. The van der Waals surface area contributed by atoms with E-state index < -0.39 is 40.4 Å². The number of allylic oxidation sites excluding steroid dienone is 8. The zero-order chi connectivity index (χ0) is 15.0. The van der Waals surface area contributed by atoms with Crippen molar-refractivity contribution in [2.75, 3.05) is 0 Å². The van der Waals surface area contributed by atoms with Gasteiger partial charge in [-0.25, -0.2) is 17.6 Å². The number of rotatable bonds is 1. The Balaban J connectivity index is 2.67. The van der Waals surface area contributed by atoms with Gasteiger partial charge in [-0.15, -0.1) is 0 Å². The number of halogens is 4. The van der Waals surface area contributed by atoms with Gasteiger partial charge >= 0.3 is 0 Å². The zero-order valence-corrected chi connectivity index (χ0v) is 9.64. The second-order valence-corrected chi connectivity index (χ2v) is 4.02. The standard InChI is InChI=1S/C13H3F4N3/c14-10-8(6(3-19)4-20)11(15)13(17)9(12(10)16)7-1-5(7)2-18/h9H,1H2.